The zero-order chi connectivity index (χ0) is 14.7. The van der Waals surface area contributed by atoms with Crippen LogP contribution in [0.15, 0.2) is 24.5 Å². The Morgan fingerprint density at radius 1 is 1.40 bits per heavy atom. The predicted octanol–water partition coefficient (Wildman–Crippen LogP) is 1.88. The number of imidazole rings is 1. The van der Waals surface area contributed by atoms with Crippen molar-refractivity contribution in [2.75, 3.05) is 20.6 Å². The molecule has 1 unspecified atom stereocenters. The van der Waals surface area contributed by atoms with E-state index in [-0.39, 0.29) is 5.91 Å². The highest BCUT2D eigenvalue weighted by atomic mass is 16.1. The number of likely N-dealkylation sites (N-methyl/N-ethyl adjacent to an activating group) is 1. The van der Waals surface area contributed by atoms with Gasteiger partial charge in [-0.05, 0) is 38.2 Å². The SMILES string of the molecule is CC(C)C(CNC(=O)c1ccc2nc[nH]c2c1)N(C)C. The number of rotatable bonds is 5. The van der Waals surface area contributed by atoms with Crippen LogP contribution in [0.25, 0.3) is 11.0 Å². The van der Waals surface area contributed by atoms with Gasteiger partial charge in [-0.25, -0.2) is 4.98 Å². The number of nitrogens with zero attached hydrogens (tertiary/aromatic N) is 2. The van der Waals surface area contributed by atoms with Crippen LogP contribution in [0.1, 0.15) is 24.2 Å². The number of amides is 1. The van der Waals surface area contributed by atoms with Crippen molar-refractivity contribution in [1.29, 1.82) is 0 Å². The Kier molecular flexibility index (Phi) is 4.39. The average molecular weight is 274 g/mol. The maximum absolute atomic E-state index is 12.2. The fourth-order valence-corrected chi connectivity index (χ4v) is 2.39. The zero-order valence-corrected chi connectivity index (χ0v) is 12.5. The molecule has 0 saturated heterocycles. The first-order valence-electron chi connectivity index (χ1n) is 6.87. The largest absolute Gasteiger partial charge is 0.350 e. The van der Waals surface area contributed by atoms with Gasteiger partial charge in [0.25, 0.3) is 5.91 Å². The topological polar surface area (TPSA) is 61.0 Å². The maximum atomic E-state index is 12.2. The van der Waals surface area contributed by atoms with E-state index in [9.17, 15) is 4.79 Å². The number of benzene rings is 1. The van der Waals surface area contributed by atoms with Crippen molar-refractivity contribution in [2.45, 2.75) is 19.9 Å². The summed E-state index contributed by atoms with van der Waals surface area (Å²) in [5, 5.41) is 3.00. The number of carbonyl (C=O) groups is 1. The molecule has 1 aromatic heterocycles. The van der Waals surface area contributed by atoms with E-state index in [1.165, 1.54) is 0 Å². The summed E-state index contributed by atoms with van der Waals surface area (Å²) in [5.41, 5.74) is 2.41. The average Bonchev–Trinajstić information content (AvgIpc) is 2.84. The highest BCUT2D eigenvalue weighted by molar-refractivity contribution is 5.97. The molecule has 2 rings (SSSR count). The second kappa shape index (κ2) is 6.05. The van der Waals surface area contributed by atoms with E-state index in [0.29, 0.717) is 24.1 Å². The van der Waals surface area contributed by atoms with E-state index in [0.717, 1.165) is 11.0 Å². The summed E-state index contributed by atoms with van der Waals surface area (Å²) in [7, 11) is 4.07. The molecular formula is C15H22N4O. The molecular weight excluding hydrogens is 252 g/mol. The van der Waals surface area contributed by atoms with E-state index in [1.807, 2.05) is 26.2 Å². The van der Waals surface area contributed by atoms with Gasteiger partial charge in [-0.1, -0.05) is 13.8 Å². The van der Waals surface area contributed by atoms with Crippen LogP contribution < -0.4 is 5.32 Å². The molecule has 0 saturated carbocycles. The van der Waals surface area contributed by atoms with Gasteiger partial charge in [0.1, 0.15) is 0 Å². The van der Waals surface area contributed by atoms with E-state index >= 15 is 0 Å². The number of nitrogens with one attached hydrogen (secondary N) is 2. The summed E-state index contributed by atoms with van der Waals surface area (Å²) in [4.78, 5) is 21.5. The third-order valence-corrected chi connectivity index (χ3v) is 3.59. The first-order chi connectivity index (χ1) is 9.49. The Morgan fingerprint density at radius 2 is 2.15 bits per heavy atom. The van der Waals surface area contributed by atoms with E-state index in [4.69, 9.17) is 0 Å². The second-order valence-corrected chi connectivity index (χ2v) is 5.62. The van der Waals surface area contributed by atoms with Gasteiger partial charge in [0.15, 0.2) is 0 Å². The molecule has 108 valence electrons. The minimum atomic E-state index is -0.0472. The minimum Gasteiger partial charge on any atom is -0.350 e. The highest BCUT2D eigenvalue weighted by Crippen LogP contribution is 2.12. The van der Waals surface area contributed by atoms with Crippen molar-refractivity contribution in [2.24, 2.45) is 5.92 Å². The molecule has 0 aliphatic carbocycles. The lowest BCUT2D eigenvalue weighted by Crippen LogP contribution is -2.43. The third kappa shape index (κ3) is 3.17. The number of H-pyrrole nitrogens is 1. The number of aromatic amines is 1. The second-order valence-electron chi connectivity index (χ2n) is 5.62. The molecule has 5 heteroatoms. The van der Waals surface area contributed by atoms with Gasteiger partial charge in [0, 0.05) is 18.2 Å². The van der Waals surface area contributed by atoms with Crippen molar-refractivity contribution >= 4 is 16.9 Å². The van der Waals surface area contributed by atoms with Crippen molar-refractivity contribution in [3.05, 3.63) is 30.1 Å². The van der Waals surface area contributed by atoms with Crippen LogP contribution in [0.4, 0.5) is 0 Å². The Hall–Kier alpha value is -1.88. The minimum absolute atomic E-state index is 0.0472. The maximum Gasteiger partial charge on any atom is 0.251 e. The van der Waals surface area contributed by atoms with Gasteiger partial charge in [0.05, 0.1) is 17.4 Å². The smallest absolute Gasteiger partial charge is 0.251 e. The van der Waals surface area contributed by atoms with Gasteiger partial charge in [0.2, 0.25) is 0 Å². The first-order valence-corrected chi connectivity index (χ1v) is 6.87. The van der Waals surface area contributed by atoms with E-state index < -0.39 is 0 Å². The summed E-state index contributed by atoms with van der Waals surface area (Å²) in [5.74, 6) is 0.439. The highest BCUT2D eigenvalue weighted by Gasteiger charge is 2.17. The number of hydrogen-bond acceptors (Lipinski definition) is 3. The predicted molar refractivity (Wildman–Crippen MR) is 80.7 cm³/mol. The Morgan fingerprint density at radius 3 is 2.80 bits per heavy atom. The Labute approximate surface area is 119 Å². The lowest BCUT2D eigenvalue weighted by atomic mass is 10.0. The lowest BCUT2D eigenvalue weighted by Gasteiger charge is -2.28. The van der Waals surface area contributed by atoms with E-state index in [1.54, 1.807) is 12.4 Å². The lowest BCUT2D eigenvalue weighted by molar-refractivity contribution is 0.0935. The van der Waals surface area contributed by atoms with Crippen LogP contribution >= 0.6 is 0 Å². The van der Waals surface area contributed by atoms with Crippen LogP contribution in [0.3, 0.4) is 0 Å². The number of fused-ring (bicyclic) bond motifs is 1. The van der Waals surface area contributed by atoms with Gasteiger partial charge in [-0.3, -0.25) is 4.79 Å². The number of carbonyl (C=O) groups excluding carboxylic acids is 1. The molecule has 0 bridgehead atoms. The van der Waals surface area contributed by atoms with Crippen LogP contribution in [0.5, 0.6) is 0 Å². The molecule has 1 amide bonds. The van der Waals surface area contributed by atoms with Crippen LogP contribution in [0, 0.1) is 5.92 Å². The number of aromatic nitrogens is 2. The summed E-state index contributed by atoms with van der Waals surface area (Å²) in [6, 6.07) is 5.82. The summed E-state index contributed by atoms with van der Waals surface area (Å²) in [6.45, 7) is 4.96. The standard InChI is InChI=1S/C15H22N4O/c1-10(2)14(19(3)4)8-16-15(20)11-5-6-12-13(7-11)18-9-17-12/h5-7,9-10,14H,8H2,1-4H3,(H,16,20)(H,17,18). The molecule has 2 N–H and O–H groups in total. The number of hydrogen-bond donors (Lipinski definition) is 2. The molecule has 0 fully saturated rings. The van der Waals surface area contributed by atoms with Gasteiger partial charge < -0.3 is 15.2 Å². The van der Waals surface area contributed by atoms with Crippen LogP contribution in [0.2, 0.25) is 0 Å². The molecule has 1 aromatic carbocycles. The fraction of sp³-hybridized carbons (Fsp3) is 0.467. The summed E-state index contributed by atoms with van der Waals surface area (Å²) < 4.78 is 0. The molecule has 0 radical (unpaired) electrons. The van der Waals surface area contributed by atoms with Gasteiger partial charge in [-0.2, -0.15) is 0 Å². The normalized spacial score (nSPS) is 13.1. The molecule has 20 heavy (non-hydrogen) atoms. The quantitative estimate of drug-likeness (QED) is 0.875. The van der Waals surface area contributed by atoms with E-state index in [2.05, 4.69) is 34.0 Å². The zero-order valence-electron chi connectivity index (χ0n) is 12.5. The Balaban J connectivity index is 2.04. The molecule has 0 spiro atoms. The molecule has 0 aliphatic heterocycles. The molecule has 5 nitrogen and oxygen atoms in total. The monoisotopic (exact) mass is 274 g/mol. The molecule has 0 aliphatic rings. The van der Waals surface area contributed by atoms with Crippen LogP contribution in [-0.4, -0.2) is 47.5 Å². The van der Waals surface area contributed by atoms with Crippen molar-refractivity contribution in [3.63, 3.8) is 0 Å². The summed E-state index contributed by atoms with van der Waals surface area (Å²) in [6.07, 6.45) is 1.63. The first kappa shape index (κ1) is 14.5. The van der Waals surface area contributed by atoms with Crippen LogP contribution in [-0.2, 0) is 0 Å². The van der Waals surface area contributed by atoms with Crippen molar-refractivity contribution in [3.8, 4) is 0 Å². The summed E-state index contributed by atoms with van der Waals surface area (Å²) >= 11 is 0. The van der Waals surface area contributed by atoms with Crippen molar-refractivity contribution < 1.29 is 4.79 Å². The molecule has 2 aromatic rings. The molecule has 1 atom stereocenters. The third-order valence-electron chi connectivity index (χ3n) is 3.59. The fourth-order valence-electron chi connectivity index (χ4n) is 2.39. The van der Waals surface area contributed by atoms with Gasteiger partial charge >= 0.3 is 0 Å². The van der Waals surface area contributed by atoms with Gasteiger partial charge in [-0.15, -0.1) is 0 Å². The van der Waals surface area contributed by atoms with Crippen molar-refractivity contribution in [1.82, 2.24) is 20.2 Å². The molecule has 1 heterocycles. The Bertz CT molecular complexity index is 580.